The summed E-state index contributed by atoms with van der Waals surface area (Å²) < 4.78 is 12.0. The Balaban J connectivity index is 2.29. The van der Waals surface area contributed by atoms with E-state index in [4.69, 9.17) is 15.4 Å². The van der Waals surface area contributed by atoms with E-state index in [9.17, 15) is 15.8 Å². The van der Waals surface area contributed by atoms with Crippen molar-refractivity contribution in [3.8, 4) is 39.1 Å². The lowest BCUT2D eigenvalue weighted by atomic mass is 10.2. The van der Waals surface area contributed by atoms with Gasteiger partial charge < -0.3 is 8.83 Å². The zero-order valence-electron chi connectivity index (χ0n) is 16.9. The minimum absolute atomic E-state index is 0.131. The molecule has 32 heavy (non-hydrogen) atoms. The van der Waals surface area contributed by atoms with E-state index in [1.54, 1.807) is 12.1 Å². The Hall–Kier alpha value is -4.34. The molecule has 0 aliphatic rings. The highest BCUT2D eigenvalue weighted by Gasteiger charge is 2.16. The van der Waals surface area contributed by atoms with Crippen LogP contribution in [-0.2, 0) is 0 Å². The van der Waals surface area contributed by atoms with Gasteiger partial charge in [-0.3, -0.25) is 0 Å². The van der Waals surface area contributed by atoms with Gasteiger partial charge >= 0.3 is 5.70 Å². The maximum atomic E-state index is 9.35. The van der Waals surface area contributed by atoms with Gasteiger partial charge in [-0.05, 0) is 50.2 Å². The fourth-order valence-electron chi connectivity index (χ4n) is 3.15. The molecule has 0 aliphatic heterocycles. The summed E-state index contributed by atoms with van der Waals surface area (Å²) in [5.41, 5.74) is 1.93. The van der Waals surface area contributed by atoms with Gasteiger partial charge in [0.05, 0.1) is 12.6 Å². The average Bonchev–Trinajstić information content (AvgIpc) is 3.56. The standard InChI is InChI=1S/C24H12N4O2S2/c1-13-4-6-21(31-13)16-8-19(15(10-25)11-26)29-23(16)24-17(22-7-5-14(2)32-22)9-20(30-24)18(12-27)28-3/h4-9H,1-2H3/b20-18+,24-23+. The Kier molecular flexibility index (Phi) is 5.50. The molecule has 4 aromatic rings. The van der Waals surface area contributed by atoms with Crippen LogP contribution in [0.25, 0.3) is 37.0 Å². The van der Waals surface area contributed by atoms with Gasteiger partial charge in [0.2, 0.25) is 0 Å². The van der Waals surface area contributed by atoms with Crippen LogP contribution in [0.5, 0.6) is 0 Å². The number of nitriles is 3. The van der Waals surface area contributed by atoms with Gasteiger partial charge in [0.1, 0.15) is 17.6 Å². The topological polar surface area (TPSA) is 102 Å². The Bertz CT molecular complexity index is 1590. The van der Waals surface area contributed by atoms with Crippen LogP contribution in [-0.4, -0.2) is 0 Å². The number of nitrogens with zero attached hydrogens (tertiary/aromatic N) is 4. The molecule has 0 radical (unpaired) electrons. The number of furan rings is 2. The Morgan fingerprint density at radius 1 is 0.812 bits per heavy atom. The SMILES string of the molecule is [C-]#[N+]/C(C#N)=c1\cc(-c2ccc(C)s2)/c(=c2\oc(=C(C#N)C#N)cc2-c2ccc(C)s2)o1. The smallest absolute Gasteiger partial charge is 0.303 e. The number of hydrogen-bond acceptors (Lipinski definition) is 7. The quantitative estimate of drug-likeness (QED) is 0.399. The van der Waals surface area contributed by atoms with E-state index in [0.29, 0.717) is 22.0 Å². The van der Waals surface area contributed by atoms with Gasteiger partial charge in [-0.25, -0.2) is 10.1 Å². The second-order valence-corrected chi connectivity index (χ2v) is 9.27. The van der Waals surface area contributed by atoms with Gasteiger partial charge in [-0.2, -0.15) is 10.5 Å². The van der Waals surface area contributed by atoms with E-state index in [-0.39, 0.29) is 22.1 Å². The minimum atomic E-state index is -0.174. The maximum Gasteiger partial charge on any atom is 0.303 e. The van der Waals surface area contributed by atoms with Crippen LogP contribution in [0.2, 0.25) is 0 Å². The van der Waals surface area contributed by atoms with E-state index in [0.717, 1.165) is 19.5 Å². The summed E-state index contributed by atoms with van der Waals surface area (Å²) in [6.07, 6.45) is 0. The molecule has 0 saturated heterocycles. The predicted octanol–water partition coefficient (Wildman–Crippen LogP) is 4.98. The normalized spacial score (nSPS) is 12.3. The van der Waals surface area contributed by atoms with Crippen molar-refractivity contribution in [2.75, 3.05) is 0 Å². The van der Waals surface area contributed by atoms with Crippen molar-refractivity contribution in [1.29, 1.82) is 15.8 Å². The minimum Gasteiger partial charge on any atom is -0.463 e. The van der Waals surface area contributed by atoms with Crippen molar-refractivity contribution in [1.82, 2.24) is 0 Å². The molecule has 0 atom stereocenters. The molecule has 4 heterocycles. The zero-order valence-corrected chi connectivity index (χ0v) is 18.5. The second-order valence-electron chi connectivity index (χ2n) is 6.70. The first-order chi connectivity index (χ1) is 15.5. The Morgan fingerprint density at radius 3 is 1.72 bits per heavy atom. The average molecular weight is 453 g/mol. The summed E-state index contributed by atoms with van der Waals surface area (Å²) >= 11 is 3.08. The van der Waals surface area contributed by atoms with Gasteiger partial charge in [0, 0.05) is 30.6 Å². The summed E-state index contributed by atoms with van der Waals surface area (Å²) in [5, 5.41) is 28.0. The molecule has 0 bridgehead atoms. The molecular formula is C24H12N4O2S2. The molecule has 0 N–H and O–H groups in total. The third kappa shape index (κ3) is 3.62. The zero-order chi connectivity index (χ0) is 22.8. The Labute approximate surface area is 190 Å². The van der Waals surface area contributed by atoms with Crippen molar-refractivity contribution < 1.29 is 8.83 Å². The van der Waals surface area contributed by atoms with Crippen LogP contribution in [0.4, 0.5) is 0 Å². The van der Waals surface area contributed by atoms with Crippen molar-refractivity contribution >= 4 is 33.9 Å². The van der Waals surface area contributed by atoms with Gasteiger partial charge in [0.15, 0.2) is 21.8 Å². The number of hydrogen-bond donors (Lipinski definition) is 0. The summed E-state index contributed by atoms with van der Waals surface area (Å²) in [5.74, 6) is 0. The van der Waals surface area contributed by atoms with E-state index in [1.807, 2.05) is 56.3 Å². The largest absolute Gasteiger partial charge is 0.463 e. The molecule has 152 valence electrons. The molecule has 4 aromatic heterocycles. The summed E-state index contributed by atoms with van der Waals surface area (Å²) in [4.78, 5) is 7.19. The molecule has 0 aromatic carbocycles. The van der Waals surface area contributed by atoms with Crippen LogP contribution in [0.15, 0.2) is 45.2 Å². The van der Waals surface area contributed by atoms with E-state index in [1.165, 1.54) is 22.7 Å². The molecule has 6 nitrogen and oxygen atoms in total. The highest BCUT2D eigenvalue weighted by Crippen LogP contribution is 2.32. The van der Waals surface area contributed by atoms with E-state index < -0.39 is 0 Å². The molecule has 0 aliphatic carbocycles. The molecule has 0 amide bonds. The first kappa shape index (κ1) is 20.9. The van der Waals surface area contributed by atoms with Crippen LogP contribution >= 0.6 is 22.7 Å². The van der Waals surface area contributed by atoms with Gasteiger partial charge in [-0.15, -0.1) is 22.7 Å². The van der Waals surface area contributed by atoms with Crippen LogP contribution in [0.1, 0.15) is 9.75 Å². The fraction of sp³-hybridized carbons (Fsp3) is 0.0833. The third-order valence-corrected chi connectivity index (χ3v) is 6.67. The molecule has 0 unspecified atom stereocenters. The molecule has 0 saturated carbocycles. The fourth-order valence-corrected chi connectivity index (χ4v) is 4.92. The van der Waals surface area contributed by atoms with Gasteiger partial charge in [0.25, 0.3) is 0 Å². The third-order valence-electron chi connectivity index (χ3n) is 4.60. The number of aryl methyl sites for hydroxylation is 2. The summed E-state index contributed by atoms with van der Waals surface area (Å²) in [7, 11) is 0. The summed E-state index contributed by atoms with van der Waals surface area (Å²) in [6, 6.07) is 16.7. The van der Waals surface area contributed by atoms with E-state index in [2.05, 4.69) is 4.85 Å². The number of rotatable bonds is 2. The molecule has 0 fully saturated rings. The molecular weight excluding hydrogens is 440 g/mol. The van der Waals surface area contributed by atoms with Crippen molar-refractivity contribution in [3.05, 3.63) is 79.2 Å². The number of thiophene rings is 2. The summed E-state index contributed by atoms with van der Waals surface area (Å²) in [6.45, 7) is 11.2. The highest BCUT2D eigenvalue weighted by atomic mass is 32.1. The molecule has 0 spiro atoms. The lowest BCUT2D eigenvalue weighted by molar-refractivity contribution is 0.449. The molecule has 4 rings (SSSR count). The van der Waals surface area contributed by atoms with Crippen molar-refractivity contribution in [2.24, 2.45) is 0 Å². The predicted molar refractivity (Wildman–Crippen MR) is 121 cm³/mol. The monoisotopic (exact) mass is 452 g/mol. The first-order valence-electron chi connectivity index (χ1n) is 9.23. The maximum absolute atomic E-state index is 9.35. The van der Waals surface area contributed by atoms with Crippen LogP contribution in [0, 0.1) is 65.2 Å². The van der Waals surface area contributed by atoms with Gasteiger partial charge in [-0.1, -0.05) is 0 Å². The van der Waals surface area contributed by atoms with Crippen molar-refractivity contribution in [2.45, 2.75) is 13.8 Å². The highest BCUT2D eigenvalue weighted by molar-refractivity contribution is 7.15. The second kappa shape index (κ2) is 8.42. The van der Waals surface area contributed by atoms with Crippen molar-refractivity contribution in [3.63, 3.8) is 0 Å². The lowest BCUT2D eigenvalue weighted by Crippen LogP contribution is -1.98. The Morgan fingerprint density at radius 2 is 1.31 bits per heavy atom. The first-order valence-corrected chi connectivity index (χ1v) is 10.9. The van der Waals surface area contributed by atoms with Crippen LogP contribution < -0.4 is 10.8 Å². The van der Waals surface area contributed by atoms with Crippen LogP contribution in [0.3, 0.4) is 0 Å². The molecule has 8 heteroatoms. The lowest BCUT2D eigenvalue weighted by Gasteiger charge is -1.93. The van der Waals surface area contributed by atoms with E-state index >= 15 is 0 Å².